The predicted molar refractivity (Wildman–Crippen MR) is 72.0 cm³/mol. The third-order valence-electron chi connectivity index (χ3n) is 4.30. The van der Waals surface area contributed by atoms with E-state index in [1.165, 1.54) is 18.4 Å². The van der Waals surface area contributed by atoms with E-state index in [0.717, 1.165) is 29.6 Å². The maximum atomic E-state index is 6.05. The van der Waals surface area contributed by atoms with Gasteiger partial charge in [0.1, 0.15) is 11.3 Å². The second-order valence-electron chi connectivity index (χ2n) is 5.20. The van der Waals surface area contributed by atoms with E-state index in [2.05, 4.69) is 6.07 Å². The van der Waals surface area contributed by atoms with Gasteiger partial charge in [-0.2, -0.15) is 0 Å². The van der Waals surface area contributed by atoms with Crippen molar-refractivity contribution in [1.82, 2.24) is 0 Å². The van der Waals surface area contributed by atoms with Crippen LogP contribution in [0.4, 0.5) is 0 Å². The largest absolute Gasteiger partial charge is 0.497 e. The highest BCUT2D eigenvalue weighted by atomic mass is 16.5. The predicted octanol–water partition coefficient (Wildman–Crippen LogP) is 3.21. The van der Waals surface area contributed by atoms with Gasteiger partial charge >= 0.3 is 0 Å². The molecule has 0 spiro atoms. The minimum absolute atomic E-state index is 0.109. The fraction of sp³-hybridized carbons (Fsp3) is 0.467. The molecule has 1 heterocycles. The summed E-state index contributed by atoms with van der Waals surface area (Å²) < 4.78 is 11.0. The molecule has 1 aromatic carbocycles. The van der Waals surface area contributed by atoms with Gasteiger partial charge in [-0.05, 0) is 31.0 Å². The Hall–Kier alpha value is -1.48. The van der Waals surface area contributed by atoms with E-state index >= 15 is 0 Å². The minimum atomic E-state index is 0.109. The molecule has 0 unspecified atom stereocenters. The molecular formula is C15H19NO2. The second kappa shape index (κ2) is 4.32. The van der Waals surface area contributed by atoms with E-state index < -0.39 is 0 Å². The lowest BCUT2D eigenvalue weighted by Gasteiger charge is -2.26. The molecule has 0 amide bonds. The van der Waals surface area contributed by atoms with E-state index in [-0.39, 0.29) is 5.41 Å². The molecule has 96 valence electrons. The fourth-order valence-electron chi connectivity index (χ4n) is 3.18. The summed E-state index contributed by atoms with van der Waals surface area (Å²) in [4.78, 5) is 0. The standard InChI is InChI=1S/C15H19NO2/c1-17-11-4-5-14-12(8-11)13(9-18-14)15(10-16)6-2-3-7-15/h4-5,8-9H,2-3,6-7,10,16H2,1H3. The van der Waals surface area contributed by atoms with Crippen molar-refractivity contribution < 1.29 is 9.15 Å². The van der Waals surface area contributed by atoms with Gasteiger partial charge in [-0.25, -0.2) is 0 Å². The van der Waals surface area contributed by atoms with Gasteiger partial charge in [0.15, 0.2) is 0 Å². The number of hydrogen-bond donors (Lipinski definition) is 1. The molecule has 3 nitrogen and oxygen atoms in total. The normalized spacial score (nSPS) is 18.3. The third-order valence-corrected chi connectivity index (χ3v) is 4.30. The van der Waals surface area contributed by atoms with Crippen molar-refractivity contribution in [3.05, 3.63) is 30.0 Å². The molecule has 0 atom stereocenters. The smallest absolute Gasteiger partial charge is 0.134 e. The van der Waals surface area contributed by atoms with E-state index in [4.69, 9.17) is 14.9 Å². The fourth-order valence-corrected chi connectivity index (χ4v) is 3.18. The number of ether oxygens (including phenoxy) is 1. The van der Waals surface area contributed by atoms with Crippen LogP contribution in [0.1, 0.15) is 31.2 Å². The van der Waals surface area contributed by atoms with Gasteiger partial charge in [-0.15, -0.1) is 0 Å². The summed E-state index contributed by atoms with van der Waals surface area (Å²) in [6.07, 6.45) is 6.73. The van der Waals surface area contributed by atoms with Crippen LogP contribution in [0.5, 0.6) is 5.75 Å². The highest BCUT2D eigenvalue weighted by Gasteiger charge is 2.36. The van der Waals surface area contributed by atoms with Gasteiger partial charge in [0.25, 0.3) is 0 Å². The van der Waals surface area contributed by atoms with Crippen LogP contribution in [0, 0.1) is 0 Å². The van der Waals surface area contributed by atoms with Crippen molar-refractivity contribution in [3.63, 3.8) is 0 Å². The zero-order chi connectivity index (χ0) is 12.6. The molecule has 18 heavy (non-hydrogen) atoms. The highest BCUT2D eigenvalue weighted by Crippen LogP contribution is 2.44. The van der Waals surface area contributed by atoms with E-state index in [9.17, 15) is 0 Å². The Bertz CT molecular complexity index is 553. The summed E-state index contributed by atoms with van der Waals surface area (Å²) in [7, 11) is 1.69. The summed E-state index contributed by atoms with van der Waals surface area (Å²) in [6, 6.07) is 5.96. The van der Waals surface area contributed by atoms with Crippen molar-refractivity contribution in [3.8, 4) is 5.75 Å². The molecule has 0 bridgehead atoms. The Morgan fingerprint density at radius 2 is 2.11 bits per heavy atom. The van der Waals surface area contributed by atoms with Gasteiger partial charge in [-0.3, -0.25) is 0 Å². The molecule has 2 N–H and O–H groups in total. The summed E-state index contributed by atoms with van der Waals surface area (Å²) in [5.41, 5.74) is 8.34. The average Bonchev–Trinajstić information content (AvgIpc) is 3.04. The number of nitrogens with two attached hydrogens (primary N) is 1. The minimum Gasteiger partial charge on any atom is -0.497 e. The van der Waals surface area contributed by atoms with Gasteiger partial charge < -0.3 is 14.9 Å². The first-order valence-corrected chi connectivity index (χ1v) is 6.55. The van der Waals surface area contributed by atoms with Crippen LogP contribution in [0.2, 0.25) is 0 Å². The molecular weight excluding hydrogens is 226 g/mol. The van der Waals surface area contributed by atoms with Crippen molar-refractivity contribution in [2.45, 2.75) is 31.1 Å². The maximum Gasteiger partial charge on any atom is 0.134 e. The SMILES string of the molecule is COc1ccc2occ(C3(CN)CCCC3)c2c1. The van der Waals surface area contributed by atoms with E-state index in [1.807, 2.05) is 18.4 Å². The number of benzene rings is 1. The van der Waals surface area contributed by atoms with Crippen molar-refractivity contribution >= 4 is 11.0 Å². The molecule has 1 saturated carbocycles. The molecule has 1 aromatic heterocycles. The molecule has 1 aliphatic rings. The number of hydrogen-bond acceptors (Lipinski definition) is 3. The Morgan fingerprint density at radius 1 is 1.33 bits per heavy atom. The van der Waals surface area contributed by atoms with Crippen molar-refractivity contribution in [2.75, 3.05) is 13.7 Å². The zero-order valence-electron chi connectivity index (χ0n) is 10.7. The lowest BCUT2D eigenvalue weighted by atomic mass is 9.79. The molecule has 2 aromatic rings. The molecule has 0 aliphatic heterocycles. The number of furan rings is 1. The molecule has 0 radical (unpaired) electrons. The average molecular weight is 245 g/mol. The van der Waals surface area contributed by atoms with Crippen molar-refractivity contribution in [2.24, 2.45) is 5.73 Å². The van der Waals surface area contributed by atoms with Crippen LogP contribution >= 0.6 is 0 Å². The summed E-state index contributed by atoms with van der Waals surface area (Å²) in [6.45, 7) is 0.693. The summed E-state index contributed by atoms with van der Waals surface area (Å²) >= 11 is 0. The van der Waals surface area contributed by atoms with Crippen LogP contribution in [0.25, 0.3) is 11.0 Å². The Kier molecular flexibility index (Phi) is 2.78. The van der Waals surface area contributed by atoms with Crippen LogP contribution in [-0.4, -0.2) is 13.7 Å². The Morgan fingerprint density at radius 3 is 2.78 bits per heavy atom. The lowest BCUT2D eigenvalue weighted by molar-refractivity contribution is 0.415. The van der Waals surface area contributed by atoms with Crippen molar-refractivity contribution in [1.29, 1.82) is 0 Å². The van der Waals surface area contributed by atoms with Gasteiger partial charge in [0, 0.05) is 22.9 Å². The van der Waals surface area contributed by atoms with Crippen LogP contribution in [0.3, 0.4) is 0 Å². The quantitative estimate of drug-likeness (QED) is 0.903. The summed E-state index contributed by atoms with van der Waals surface area (Å²) in [5.74, 6) is 0.871. The number of methoxy groups -OCH3 is 1. The second-order valence-corrected chi connectivity index (χ2v) is 5.20. The zero-order valence-corrected chi connectivity index (χ0v) is 10.7. The van der Waals surface area contributed by atoms with Gasteiger partial charge in [0.2, 0.25) is 0 Å². The van der Waals surface area contributed by atoms with Gasteiger partial charge in [-0.1, -0.05) is 12.8 Å². The Balaban J connectivity index is 2.16. The van der Waals surface area contributed by atoms with E-state index in [1.54, 1.807) is 7.11 Å². The van der Waals surface area contributed by atoms with Crippen LogP contribution < -0.4 is 10.5 Å². The first-order valence-electron chi connectivity index (χ1n) is 6.55. The molecule has 1 fully saturated rings. The molecule has 3 heteroatoms. The topological polar surface area (TPSA) is 48.4 Å². The van der Waals surface area contributed by atoms with Gasteiger partial charge in [0.05, 0.1) is 13.4 Å². The summed E-state index contributed by atoms with van der Waals surface area (Å²) in [5, 5.41) is 1.15. The lowest BCUT2D eigenvalue weighted by Crippen LogP contribution is -2.31. The first kappa shape index (κ1) is 11.6. The highest BCUT2D eigenvalue weighted by molar-refractivity contribution is 5.83. The third kappa shape index (κ3) is 1.62. The first-order chi connectivity index (χ1) is 8.79. The van der Waals surface area contributed by atoms with Crippen LogP contribution in [-0.2, 0) is 5.41 Å². The molecule has 0 saturated heterocycles. The van der Waals surface area contributed by atoms with Crippen LogP contribution in [0.15, 0.2) is 28.9 Å². The number of fused-ring (bicyclic) bond motifs is 1. The molecule has 3 rings (SSSR count). The Labute approximate surface area is 107 Å². The maximum absolute atomic E-state index is 6.05. The monoisotopic (exact) mass is 245 g/mol. The number of rotatable bonds is 3. The molecule has 1 aliphatic carbocycles. The van der Waals surface area contributed by atoms with E-state index in [0.29, 0.717) is 6.54 Å².